The number of rotatable bonds is 1. The average Bonchev–Trinajstić information content (AvgIpc) is 2.63. The van der Waals surface area contributed by atoms with Crippen LogP contribution >= 0.6 is 11.8 Å². The van der Waals surface area contributed by atoms with Crippen LogP contribution in [0.2, 0.25) is 0 Å². The van der Waals surface area contributed by atoms with Gasteiger partial charge in [-0.3, -0.25) is 0 Å². The molecule has 2 nitrogen and oxygen atoms in total. The maximum atomic E-state index is 5.46. The van der Waals surface area contributed by atoms with Gasteiger partial charge in [0.05, 0.1) is 12.3 Å². The maximum Gasteiger partial charge on any atom is 0.121 e. The van der Waals surface area contributed by atoms with Crippen molar-refractivity contribution in [2.75, 3.05) is 12.3 Å². The van der Waals surface area contributed by atoms with Crippen LogP contribution < -0.4 is 5.32 Å². The van der Waals surface area contributed by atoms with Crippen molar-refractivity contribution in [1.82, 2.24) is 5.32 Å². The topological polar surface area (TPSA) is 25.2 Å². The van der Waals surface area contributed by atoms with Crippen LogP contribution in [0.4, 0.5) is 0 Å². The molecule has 1 N–H and O–H groups in total. The average molecular weight is 211 g/mol. The van der Waals surface area contributed by atoms with Gasteiger partial charge in [-0.1, -0.05) is 13.8 Å². The highest BCUT2D eigenvalue weighted by Crippen LogP contribution is 2.30. The van der Waals surface area contributed by atoms with Crippen LogP contribution in [-0.2, 0) is 0 Å². The van der Waals surface area contributed by atoms with Gasteiger partial charge in [0.2, 0.25) is 0 Å². The van der Waals surface area contributed by atoms with E-state index in [2.05, 4.69) is 25.2 Å². The van der Waals surface area contributed by atoms with Crippen LogP contribution in [0.3, 0.4) is 0 Å². The largest absolute Gasteiger partial charge is 0.468 e. The number of thioether (sulfide) groups is 1. The van der Waals surface area contributed by atoms with Gasteiger partial charge in [-0.15, -0.1) is 0 Å². The van der Waals surface area contributed by atoms with Gasteiger partial charge in [-0.2, -0.15) is 11.8 Å². The van der Waals surface area contributed by atoms with Crippen LogP contribution in [-0.4, -0.2) is 17.5 Å². The quantitative estimate of drug-likeness (QED) is 0.773. The molecule has 0 spiro atoms. The Hall–Kier alpha value is -0.410. The second-order valence-electron chi connectivity index (χ2n) is 4.04. The lowest BCUT2D eigenvalue weighted by Gasteiger charge is -2.19. The zero-order valence-corrected chi connectivity index (χ0v) is 9.51. The van der Waals surface area contributed by atoms with E-state index < -0.39 is 0 Å². The molecule has 1 saturated heterocycles. The summed E-state index contributed by atoms with van der Waals surface area (Å²) in [5, 5.41) is 4.16. The summed E-state index contributed by atoms with van der Waals surface area (Å²) < 4.78 is 5.46. The van der Waals surface area contributed by atoms with E-state index in [4.69, 9.17) is 4.42 Å². The first-order valence-electron chi connectivity index (χ1n) is 5.15. The molecular formula is C11H17NOS. The van der Waals surface area contributed by atoms with E-state index in [0.29, 0.717) is 11.3 Å². The molecule has 14 heavy (non-hydrogen) atoms. The molecule has 3 unspecified atom stereocenters. The van der Waals surface area contributed by atoms with Crippen LogP contribution in [0.1, 0.15) is 25.6 Å². The van der Waals surface area contributed by atoms with Crippen molar-refractivity contribution in [3.8, 4) is 0 Å². The number of hydrogen-bond donors (Lipinski definition) is 1. The fourth-order valence-electron chi connectivity index (χ4n) is 1.77. The SMILES string of the molecule is CC1CNC(c2ccco2)C(C)SC1. The molecule has 0 saturated carbocycles. The maximum absolute atomic E-state index is 5.46. The van der Waals surface area contributed by atoms with E-state index in [0.717, 1.165) is 18.2 Å². The van der Waals surface area contributed by atoms with E-state index >= 15 is 0 Å². The monoisotopic (exact) mass is 211 g/mol. The molecule has 0 aliphatic carbocycles. The summed E-state index contributed by atoms with van der Waals surface area (Å²) in [4.78, 5) is 0. The summed E-state index contributed by atoms with van der Waals surface area (Å²) >= 11 is 2.03. The van der Waals surface area contributed by atoms with E-state index in [-0.39, 0.29) is 0 Å². The standard InChI is InChI=1S/C11H17NOS/c1-8-6-12-11(9(2)14-7-8)10-4-3-5-13-10/h3-5,8-9,11-12H,6-7H2,1-2H3. The molecule has 1 aromatic rings. The molecular weight excluding hydrogens is 194 g/mol. The molecule has 1 fully saturated rings. The number of nitrogens with one attached hydrogen (secondary N) is 1. The number of furan rings is 1. The van der Waals surface area contributed by atoms with Gasteiger partial charge in [0.25, 0.3) is 0 Å². The van der Waals surface area contributed by atoms with E-state index in [1.54, 1.807) is 6.26 Å². The van der Waals surface area contributed by atoms with Gasteiger partial charge < -0.3 is 9.73 Å². The van der Waals surface area contributed by atoms with Gasteiger partial charge >= 0.3 is 0 Å². The van der Waals surface area contributed by atoms with Crippen LogP contribution in [0.15, 0.2) is 22.8 Å². The Bertz CT molecular complexity index is 273. The Labute approximate surface area is 89.4 Å². The first kappa shape index (κ1) is 10.1. The van der Waals surface area contributed by atoms with E-state index in [1.807, 2.05) is 17.8 Å². The molecule has 2 rings (SSSR count). The molecule has 0 aromatic carbocycles. The van der Waals surface area contributed by atoms with Crippen molar-refractivity contribution in [2.24, 2.45) is 5.92 Å². The highest BCUT2D eigenvalue weighted by Gasteiger charge is 2.25. The van der Waals surface area contributed by atoms with Crippen molar-refractivity contribution < 1.29 is 4.42 Å². The Balaban J connectivity index is 2.10. The summed E-state index contributed by atoms with van der Waals surface area (Å²) in [5.41, 5.74) is 0. The molecule has 0 radical (unpaired) electrons. The van der Waals surface area contributed by atoms with Crippen LogP contribution in [0.5, 0.6) is 0 Å². The minimum Gasteiger partial charge on any atom is -0.468 e. The van der Waals surface area contributed by atoms with Crippen molar-refractivity contribution >= 4 is 11.8 Å². The first-order chi connectivity index (χ1) is 6.77. The Morgan fingerprint density at radius 1 is 1.50 bits per heavy atom. The smallest absolute Gasteiger partial charge is 0.121 e. The van der Waals surface area contributed by atoms with Crippen molar-refractivity contribution in [3.05, 3.63) is 24.2 Å². The molecule has 1 aliphatic rings. The molecule has 2 heterocycles. The second-order valence-corrected chi connectivity index (χ2v) is 5.46. The molecule has 78 valence electrons. The second kappa shape index (κ2) is 4.41. The molecule has 0 bridgehead atoms. The van der Waals surface area contributed by atoms with Gasteiger partial charge in [0.1, 0.15) is 5.76 Å². The Kier molecular flexibility index (Phi) is 3.19. The normalized spacial score (nSPS) is 34.0. The van der Waals surface area contributed by atoms with Crippen LogP contribution in [0, 0.1) is 5.92 Å². The van der Waals surface area contributed by atoms with E-state index in [9.17, 15) is 0 Å². The summed E-state index contributed by atoms with van der Waals surface area (Å²) in [5.74, 6) is 3.06. The minimum absolute atomic E-state index is 0.375. The summed E-state index contributed by atoms with van der Waals surface area (Å²) in [7, 11) is 0. The minimum atomic E-state index is 0.375. The van der Waals surface area contributed by atoms with Gasteiger partial charge in [-0.05, 0) is 30.3 Å². The summed E-state index contributed by atoms with van der Waals surface area (Å²) in [6.45, 7) is 5.64. The Morgan fingerprint density at radius 2 is 2.36 bits per heavy atom. The number of hydrogen-bond acceptors (Lipinski definition) is 3. The third kappa shape index (κ3) is 2.15. The Morgan fingerprint density at radius 3 is 3.07 bits per heavy atom. The predicted molar refractivity (Wildman–Crippen MR) is 60.5 cm³/mol. The van der Waals surface area contributed by atoms with Gasteiger partial charge in [0.15, 0.2) is 0 Å². The highest BCUT2D eigenvalue weighted by atomic mass is 32.2. The lowest BCUT2D eigenvalue weighted by Crippen LogP contribution is -2.28. The summed E-state index contributed by atoms with van der Waals surface area (Å²) in [6, 6.07) is 4.40. The molecule has 0 amide bonds. The third-order valence-corrected chi connectivity index (χ3v) is 4.21. The fourth-order valence-corrected chi connectivity index (χ4v) is 2.94. The molecule has 1 aromatic heterocycles. The zero-order chi connectivity index (χ0) is 9.97. The van der Waals surface area contributed by atoms with Crippen LogP contribution in [0.25, 0.3) is 0 Å². The molecule has 1 aliphatic heterocycles. The molecule has 3 heteroatoms. The van der Waals surface area contributed by atoms with Crippen molar-refractivity contribution in [2.45, 2.75) is 25.1 Å². The third-order valence-electron chi connectivity index (χ3n) is 2.65. The van der Waals surface area contributed by atoms with Gasteiger partial charge in [0, 0.05) is 5.25 Å². The van der Waals surface area contributed by atoms with Gasteiger partial charge in [-0.25, -0.2) is 0 Å². The summed E-state index contributed by atoms with van der Waals surface area (Å²) in [6.07, 6.45) is 1.75. The first-order valence-corrected chi connectivity index (χ1v) is 6.20. The zero-order valence-electron chi connectivity index (χ0n) is 8.69. The van der Waals surface area contributed by atoms with Crippen molar-refractivity contribution in [1.29, 1.82) is 0 Å². The fraction of sp³-hybridized carbons (Fsp3) is 0.636. The molecule has 3 atom stereocenters. The van der Waals surface area contributed by atoms with E-state index in [1.165, 1.54) is 5.75 Å². The van der Waals surface area contributed by atoms with Crippen molar-refractivity contribution in [3.63, 3.8) is 0 Å². The lowest BCUT2D eigenvalue weighted by atomic mass is 10.1. The lowest BCUT2D eigenvalue weighted by molar-refractivity contribution is 0.401. The predicted octanol–water partition coefficient (Wildman–Crippen LogP) is 2.68. The highest BCUT2D eigenvalue weighted by molar-refractivity contribution is 7.99.